The molecule has 0 bridgehead atoms. The topological polar surface area (TPSA) is 81.2 Å². The van der Waals surface area contributed by atoms with Crippen molar-refractivity contribution < 1.29 is 4.92 Å². The molecule has 2 aromatic rings. The van der Waals surface area contributed by atoms with Crippen LogP contribution in [0.1, 0.15) is 5.56 Å². The standard InChI is InChI=1S/C14H15N3O2/c15-12-3-1-11(2-4-12)9-10-16-13-5-7-14(8-6-13)17(18)19/h1-8,16H,9-10,15H2. The predicted molar refractivity (Wildman–Crippen MR) is 76.1 cm³/mol. The lowest BCUT2D eigenvalue weighted by atomic mass is 10.1. The van der Waals surface area contributed by atoms with Crippen LogP contribution in [0.25, 0.3) is 0 Å². The van der Waals surface area contributed by atoms with Crippen LogP contribution in [0.3, 0.4) is 0 Å². The Morgan fingerprint density at radius 1 is 1.05 bits per heavy atom. The lowest BCUT2D eigenvalue weighted by Crippen LogP contribution is -2.04. The average molecular weight is 257 g/mol. The van der Waals surface area contributed by atoms with E-state index in [0.29, 0.717) is 0 Å². The first-order valence-corrected chi connectivity index (χ1v) is 5.98. The lowest BCUT2D eigenvalue weighted by molar-refractivity contribution is -0.384. The third-order valence-electron chi connectivity index (χ3n) is 2.80. The van der Waals surface area contributed by atoms with Crippen molar-refractivity contribution in [1.82, 2.24) is 0 Å². The maximum Gasteiger partial charge on any atom is 0.269 e. The summed E-state index contributed by atoms with van der Waals surface area (Å²) >= 11 is 0. The summed E-state index contributed by atoms with van der Waals surface area (Å²) < 4.78 is 0. The van der Waals surface area contributed by atoms with Crippen LogP contribution in [0, 0.1) is 10.1 Å². The van der Waals surface area contributed by atoms with Gasteiger partial charge in [0.1, 0.15) is 0 Å². The molecule has 0 fully saturated rings. The van der Waals surface area contributed by atoms with Crippen LogP contribution in [0.5, 0.6) is 0 Å². The lowest BCUT2D eigenvalue weighted by Gasteiger charge is -2.06. The predicted octanol–water partition coefficient (Wildman–Crippen LogP) is 2.83. The molecule has 2 rings (SSSR count). The summed E-state index contributed by atoms with van der Waals surface area (Å²) in [6, 6.07) is 14.1. The number of nitro benzene ring substituents is 1. The van der Waals surface area contributed by atoms with Gasteiger partial charge < -0.3 is 11.1 Å². The Labute approximate surface area is 111 Å². The van der Waals surface area contributed by atoms with Gasteiger partial charge in [0.15, 0.2) is 0 Å². The number of hydrogen-bond donors (Lipinski definition) is 2. The van der Waals surface area contributed by atoms with Gasteiger partial charge in [-0.15, -0.1) is 0 Å². The summed E-state index contributed by atoms with van der Waals surface area (Å²) in [5, 5.41) is 13.7. The fourth-order valence-corrected chi connectivity index (χ4v) is 1.74. The first-order chi connectivity index (χ1) is 9.15. The number of benzene rings is 2. The second-order valence-corrected chi connectivity index (χ2v) is 4.22. The van der Waals surface area contributed by atoms with E-state index in [4.69, 9.17) is 5.73 Å². The molecule has 5 heteroatoms. The van der Waals surface area contributed by atoms with Crippen LogP contribution in [-0.2, 0) is 6.42 Å². The van der Waals surface area contributed by atoms with Crippen molar-refractivity contribution in [3.05, 3.63) is 64.2 Å². The smallest absolute Gasteiger partial charge is 0.269 e. The molecular weight excluding hydrogens is 242 g/mol. The number of nitrogens with two attached hydrogens (primary N) is 1. The van der Waals surface area contributed by atoms with Gasteiger partial charge in [0, 0.05) is 30.1 Å². The van der Waals surface area contributed by atoms with Crippen molar-refractivity contribution in [1.29, 1.82) is 0 Å². The summed E-state index contributed by atoms with van der Waals surface area (Å²) in [6.07, 6.45) is 0.872. The highest BCUT2D eigenvalue weighted by molar-refractivity contribution is 5.48. The highest BCUT2D eigenvalue weighted by Crippen LogP contribution is 2.15. The van der Waals surface area contributed by atoms with E-state index in [1.165, 1.54) is 17.7 Å². The van der Waals surface area contributed by atoms with E-state index in [-0.39, 0.29) is 5.69 Å². The van der Waals surface area contributed by atoms with Gasteiger partial charge >= 0.3 is 0 Å². The minimum atomic E-state index is -0.405. The van der Waals surface area contributed by atoms with Crippen molar-refractivity contribution in [3.8, 4) is 0 Å². The normalized spacial score (nSPS) is 10.1. The highest BCUT2D eigenvalue weighted by atomic mass is 16.6. The molecular formula is C14H15N3O2. The number of nitro groups is 1. The largest absolute Gasteiger partial charge is 0.399 e. The first-order valence-electron chi connectivity index (χ1n) is 5.98. The van der Waals surface area contributed by atoms with Gasteiger partial charge in [-0.3, -0.25) is 10.1 Å². The zero-order valence-electron chi connectivity index (χ0n) is 10.4. The first kappa shape index (κ1) is 12.9. The fraction of sp³-hybridized carbons (Fsp3) is 0.143. The van der Waals surface area contributed by atoms with E-state index in [1.807, 2.05) is 24.3 Å². The number of rotatable bonds is 5. The van der Waals surface area contributed by atoms with Gasteiger partial charge in [0.05, 0.1) is 4.92 Å². The van der Waals surface area contributed by atoms with E-state index < -0.39 is 4.92 Å². The van der Waals surface area contributed by atoms with Gasteiger partial charge in [-0.25, -0.2) is 0 Å². The Balaban J connectivity index is 1.85. The number of nitrogens with zero attached hydrogens (tertiary/aromatic N) is 1. The van der Waals surface area contributed by atoms with E-state index in [2.05, 4.69) is 5.32 Å². The zero-order chi connectivity index (χ0) is 13.7. The molecule has 2 aromatic carbocycles. The highest BCUT2D eigenvalue weighted by Gasteiger charge is 2.03. The van der Waals surface area contributed by atoms with Crippen LogP contribution in [0.4, 0.5) is 17.1 Å². The van der Waals surface area contributed by atoms with Gasteiger partial charge in [-0.2, -0.15) is 0 Å². The third kappa shape index (κ3) is 3.70. The van der Waals surface area contributed by atoms with Crippen LogP contribution >= 0.6 is 0 Å². The SMILES string of the molecule is Nc1ccc(CCNc2ccc([N+](=O)[O-])cc2)cc1. The van der Waals surface area contributed by atoms with E-state index >= 15 is 0 Å². The van der Waals surface area contributed by atoms with E-state index in [1.54, 1.807) is 12.1 Å². The maximum atomic E-state index is 10.5. The summed E-state index contributed by atoms with van der Waals surface area (Å²) in [5.41, 5.74) is 8.55. The van der Waals surface area contributed by atoms with Crippen molar-refractivity contribution >= 4 is 17.1 Å². The second kappa shape index (κ2) is 5.86. The average Bonchev–Trinajstić information content (AvgIpc) is 2.41. The van der Waals surface area contributed by atoms with Gasteiger partial charge in [0.2, 0.25) is 0 Å². The molecule has 0 aliphatic carbocycles. The Morgan fingerprint density at radius 3 is 2.26 bits per heavy atom. The molecule has 0 amide bonds. The molecule has 0 aliphatic heterocycles. The monoisotopic (exact) mass is 257 g/mol. The molecule has 0 saturated heterocycles. The number of anilines is 2. The molecule has 5 nitrogen and oxygen atoms in total. The molecule has 0 heterocycles. The third-order valence-corrected chi connectivity index (χ3v) is 2.80. The molecule has 19 heavy (non-hydrogen) atoms. The molecule has 0 aliphatic rings. The van der Waals surface area contributed by atoms with Crippen LogP contribution in [-0.4, -0.2) is 11.5 Å². The summed E-state index contributed by atoms with van der Waals surface area (Å²) in [5.74, 6) is 0. The Morgan fingerprint density at radius 2 is 1.68 bits per heavy atom. The molecule has 0 atom stereocenters. The van der Waals surface area contributed by atoms with Crippen molar-refractivity contribution in [3.63, 3.8) is 0 Å². The number of nitrogens with one attached hydrogen (secondary N) is 1. The number of hydrogen-bond acceptors (Lipinski definition) is 4. The summed E-state index contributed by atoms with van der Waals surface area (Å²) in [4.78, 5) is 10.1. The van der Waals surface area contributed by atoms with E-state index in [0.717, 1.165) is 24.3 Å². The molecule has 0 saturated carbocycles. The fourth-order valence-electron chi connectivity index (χ4n) is 1.74. The molecule has 0 spiro atoms. The Hall–Kier alpha value is -2.56. The van der Waals surface area contributed by atoms with Crippen LogP contribution in [0.15, 0.2) is 48.5 Å². The quantitative estimate of drug-likeness (QED) is 0.490. The van der Waals surface area contributed by atoms with Crippen molar-refractivity contribution in [2.75, 3.05) is 17.6 Å². The number of non-ortho nitro benzene ring substituents is 1. The molecule has 0 radical (unpaired) electrons. The molecule has 3 N–H and O–H groups in total. The van der Waals surface area contributed by atoms with Crippen molar-refractivity contribution in [2.24, 2.45) is 0 Å². The minimum Gasteiger partial charge on any atom is -0.399 e. The number of nitrogen functional groups attached to an aromatic ring is 1. The summed E-state index contributed by atoms with van der Waals surface area (Å²) in [6.45, 7) is 0.766. The molecule has 98 valence electrons. The Bertz CT molecular complexity index is 550. The zero-order valence-corrected chi connectivity index (χ0v) is 10.4. The minimum absolute atomic E-state index is 0.101. The van der Waals surface area contributed by atoms with Crippen LogP contribution in [0.2, 0.25) is 0 Å². The van der Waals surface area contributed by atoms with Gasteiger partial charge in [-0.05, 0) is 36.2 Å². The molecule has 0 aromatic heterocycles. The summed E-state index contributed by atoms with van der Waals surface area (Å²) in [7, 11) is 0. The van der Waals surface area contributed by atoms with Crippen LogP contribution < -0.4 is 11.1 Å². The molecule has 0 unspecified atom stereocenters. The van der Waals surface area contributed by atoms with Gasteiger partial charge in [0.25, 0.3) is 5.69 Å². The maximum absolute atomic E-state index is 10.5. The Kier molecular flexibility index (Phi) is 3.97. The second-order valence-electron chi connectivity index (χ2n) is 4.22. The van der Waals surface area contributed by atoms with E-state index in [9.17, 15) is 10.1 Å². The van der Waals surface area contributed by atoms with Crippen molar-refractivity contribution in [2.45, 2.75) is 6.42 Å². The van der Waals surface area contributed by atoms with Gasteiger partial charge in [-0.1, -0.05) is 12.1 Å².